The highest BCUT2D eigenvalue weighted by Crippen LogP contribution is 2.31. The Hall–Kier alpha value is 0. The second-order valence-corrected chi connectivity index (χ2v) is 3.81. The van der Waals surface area contributed by atoms with Crippen LogP contribution in [0.2, 0.25) is 0 Å². The second-order valence-electron chi connectivity index (χ2n) is 3.81. The molecule has 0 atom stereocenters. The maximum Gasteiger partial charge on any atom is -0.0324 e. The fraction of sp³-hybridized carbons (Fsp3) is 0.909. The minimum absolute atomic E-state index is 0.901. The maximum absolute atomic E-state index is 2.62. The third-order valence-electron chi connectivity index (χ3n) is 2.99. The first-order valence-corrected chi connectivity index (χ1v) is 5.21. The van der Waals surface area contributed by atoms with E-state index < -0.39 is 0 Å². The van der Waals surface area contributed by atoms with Gasteiger partial charge in [-0.3, -0.25) is 0 Å². The normalized spacial score (nSPS) is 19.9. The molecule has 1 fully saturated rings. The molecule has 0 saturated heterocycles. The van der Waals surface area contributed by atoms with Crippen molar-refractivity contribution in [1.82, 2.24) is 0 Å². The molecule has 0 heteroatoms. The van der Waals surface area contributed by atoms with Gasteiger partial charge in [0.2, 0.25) is 0 Å². The molecule has 0 N–H and O–H groups in total. The monoisotopic (exact) mass is 153 g/mol. The molecule has 0 spiro atoms. The van der Waals surface area contributed by atoms with Crippen LogP contribution >= 0.6 is 0 Å². The summed E-state index contributed by atoms with van der Waals surface area (Å²) >= 11 is 0. The molecule has 65 valence electrons. The highest BCUT2D eigenvalue weighted by atomic mass is 14.2. The van der Waals surface area contributed by atoms with Gasteiger partial charge < -0.3 is 0 Å². The first-order chi connectivity index (χ1) is 5.36. The van der Waals surface area contributed by atoms with Crippen molar-refractivity contribution in [2.75, 3.05) is 0 Å². The van der Waals surface area contributed by atoms with Gasteiger partial charge in [-0.05, 0) is 18.3 Å². The minimum Gasteiger partial charge on any atom is -0.0651 e. The third kappa shape index (κ3) is 2.84. The zero-order chi connectivity index (χ0) is 8.10. The van der Waals surface area contributed by atoms with Crippen LogP contribution in [-0.4, -0.2) is 0 Å². The van der Waals surface area contributed by atoms with Crippen LogP contribution in [0.5, 0.6) is 0 Å². The molecular weight excluding hydrogens is 132 g/mol. The van der Waals surface area contributed by atoms with Crippen LogP contribution < -0.4 is 0 Å². The Balaban J connectivity index is 2.16. The average molecular weight is 153 g/mol. The van der Waals surface area contributed by atoms with E-state index in [0.29, 0.717) is 0 Å². The van der Waals surface area contributed by atoms with E-state index in [1.165, 1.54) is 38.5 Å². The molecule has 0 nitrogen and oxygen atoms in total. The first-order valence-electron chi connectivity index (χ1n) is 5.21. The molecule has 0 heterocycles. The summed E-state index contributed by atoms with van der Waals surface area (Å²) in [6.45, 7) is 4.61. The van der Waals surface area contributed by atoms with Crippen LogP contribution in [-0.2, 0) is 0 Å². The predicted molar refractivity (Wildman–Crippen MR) is 50.3 cm³/mol. The van der Waals surface area contributed by atoms with Gasteiger partial charge in [0.25, 0.3) is 0 Å². The molecule has 1 saturated carbocycles. The van der Waals surface area contributed by atoms with E-state index in [0.717, 1.165) is 11.8 Å². The lowest BCUT2D eigenvalue weighted by Gasteiger charge is -2.16. The summed E-state index contributed by atoms with van der Waals surface area (Å²) in [5.41, 5.74) is 0. The number of hydrogen-bond donors (Lipinski definition) is 0. The van der Waals surface area contributed by atoms with Gasteiger partial charge in [0.05, 0.1) is 0 Å². The van der Waals surface area contributed by atoms with E-state index in [4.69, 9.17) is 0 Å². The molecule has 11 heavy (non-hydrogen) atoms. The summed E-state index contributed by atoms with van der Waals surface area (Å²) in [6, 6.07) is 0. The van der Waals surface area contributed by atoms with Gasteiger partial charge in [0.1, 0.15) is 0 Å². The quantitative estimate of drug-likeness (QED) is 0.576. The Morgan fingerprint density at radius 1 is 1.18 bits per heavy atom. The molecule has 0 aromatic heterocycles. The van der Waals surface area contributed by atoms with Gasteiger partial charge in [-0.1, -0.05) is 52.4 Å². The van der Waals surface area contributed by atoms with Crippen molar-refractivity contribution in [2.24, 2.45) is 11.8 Å². The summed E-state index contributed by atoms with van der Waals surface area (Å²) < 4.78 is 0. The van der Waals surface area contributed by atoms with E-state index >= 15 is 0 Å². The van der Waals surface area contributed by atoms with E-state index in [1.807, 2.05) is 0 Å². The lowest BCUT2D eigenvalue weighted by atomic mass is 9.90. The van der Waals surface area contributed by atoms with Crippen LogP contribution in [0.4, 0.5) is 0 Å². The van der Waals surface area contributed by atoms with Gasteiger partial charge in [0, 0.05) is 0 Å². The van der Waals surface area contributed by atoms with Gasteiger partial charge in [-0.25, -0.2) is 0 Å². The van der Waals surface area contributed by atoms with E-state index in [9.17, 15) is 0 Å². The standard InChI is InChI=1S/C11H21/c1-3-10(4-2)9-11-7-5-6-8-11/h9-11H,3-8H2,1-2H3. The van der Waals surface area contributed by atoms with E-state index in [1.54, 1.807) is 0 Å². The van der Waals surface area contributed by atoms with Crippen LogP contribution in [0.3, 0.4) is 0 Å². The molecule has 0 bridgehead atoms. The molecular formula is C11H21. The molecule has 1 aliphatic rings. The molecule has 0 amide bonds. The maximum atomic E-state index is 2.62. The zero-order valence-corrected chi connectivity index (χ0v) is 7.97. The molecule has 0 unspecified atom stereocenters. The van der Waals surface area contributed by atoms with Gasteiger partial charge in [-0.2, -0.15) is 0 Å². The fourth-order valence-electron chi connectivity index (χ4n) is 2.10. The molecule has 1 rings (SSSR count). The van der Waals surface area contributed by atoms with Crippen LogP contribution in [0, 0.1) is 18.3 Å². The second kappa shape index (κ2) is 4.79. The van der Waals surface area contributed by atoms with Crippen molar-refractivity contribution in [2.45, 2.75) is 52.4 Å². The summed E-state index contributed by atoms with van der Waals surface area (Å²) in [5, 5.41) is 0. The highest BCUT2D eigenvalue weighted by molar-refractivity contribution is 4.85. The minimum atomic E-state index is 0.901. The Bertz CT molecular complexity index is 86.2. The summed E-state index contributed by atoms with van der Waals surface area (Å²) in [5.74, 6) is 1.87. The van der Waals surface area contributed by atoms with Crippen LogP contribution in [0.1, 0.15) is 52.4 Å². The molecule has 0 aliphatic heterocycles. The summed E-state index contributed by atoms with van der Waals surface area (Å²) in [7, 11) is 0. The summed E-state index contributed by atoms with van der Waals surface area (Å²) in [6.07, 6.45) is 11.2. The van der Waals surface area contributed by atoms with Crippen LogP contribution in [0.25, 0.3) is 0 Å². The van der Waals surface area contributed by atoms with Crippen LogP contribution in [0.15, 0.2) is 0 Å². The van der Waals surface area contributed by atoms with Crippen molar-refractivity contribution < 1.29 is 0 Å². The number of hydrogen-bond acceptors (Lipinski definition) is 0. The molecule has 1 radical (unpaired) electrons. The lowest BCUT2D eigenvalue weighted by Crippen LogP contribution is -2.05. The number of rotatable bonds is 4. The topological polar surface area (TPSA) is 0 Å². The Labute approximate surface area is 71.4 Å². The van der Waals surface area contributed by atoms with Gasteiger partial charge in [-0.15, -0.1) is 0 Å². The zero-order valence-electron chi connectivity index (χ0n) is 7.97. The van der Waals surface area contributed by atoms with Crippen molar-refractivity contribution in [1.29, 1.82) is 0 Å². The van der Waals surface area contributed by atoms with Gasteiger partial charge >= 0.3 is 0 Å². The highest BCUT2D eigenvalue weighted by Gasteiger charge is 2.18. The van der Waals surface area contributed by atoms with Crippen molar-refractivity contribution in [3.8, 4) is 0 Å². The third-order valence-corrected chi connectivity index (χ3v) is 2.99. The lowest BCUT2D eigenvalue weighted by molar-refractivity contribution is 0.471. The fourth-order valence-corrected chi connectivity index (χ4v) is 2.10. The molecule has 0 aromatic rings. The first kappa shape index (κ1) is 9.09. The smallest absolute Gasteiger partial charge is 0.0324 e. The Kier molecular flexibility index (Phi) is 3.96. The molecule has 0 aromatic carbocycles. The van der Waals surface area contributed by atoms with E-state index in [2.05, 4.69) is 20.3 Å². The van der Waals surface area contributed by atoms with Crippen molar-refractivity contribution >= 4 is 0 Å². The SMILES string of the molecule is CCC([CH]C1CCCC1)CC. The van der Waals surface area contributed by atoms with E-state index in [-0.39, 0.29) is 0 Å². The summed E-state index contributed by atoms with van der Waals surface area (Å²) in [4.78, 5) is 0. The average Bonchev–Trinajstić information content (AvgIpc) is 2.52. The Morgan fingerprint density at radius 2 is 1.73 bits per heavy atom. The predicted octanol–water partition coefficient (Wildman–Crippen LogP) is 3.82. The largest absolute Gasteiger partial charge is 0.0651 e. The van der Waals surface area contributed by atoms with Crippen molar-refractivity contribution in [3.63, 3.8) is 0 Å². The van der Waals surface area contributed by atoms with Gasteiger partial charge in [0.15, 0.2) is 0 Å². The van der Waals surface area contributed by atoms with Crippen molar-refractivity contribution in [3.05, 3.63) is 6.42 Å². The Morgan fingerprint density at radius 3 is 2.18 bits per heavy atom. The molecule has 1 aliphatic carbocycles.